The number of nitrogens with zero attached hydrogens (tertiary/aromatic N) is 6. The summed E-state index contributed by atoms with van der Waals surface area (Å²) in [6, 6.07) is 15.5. The van der Waals surface area contributed by atoms with Gasteiger partial charge in [-0.2, -0.15) is 13.2 Å². The van der Waals surface area contributed by atoms with Crippen molar-refractivity contribution in [3.8, 4) is 5.69 Å². The van der Waals surface area contributed by atoms with E-state index in [0.29, 0.717) is 56.3 Å². The van der Waals surface area contributed by atoms with E-state index in [4.69, 9.17) is 15.2 Å². The molecule has 2 aromatic carbocycles. The van der Waals surface area contributed by atoms with Crippen LogP contribution < -0.4 is 11.4 Å². The summed E-state index contributed by atoms with van der Waals surface area (Å²) in [7, 11) is 1.68. The number of ether oxygens (including phenoxy) is 2. The monoisotopic (exact) mass is 665 g/mol. The van der Waals surface area contributed by atoms with Gasteiger partial charge in [0.25, 0.3) is 0 Å². The number of aromatic nitrogens is 5. The second-order valence-corrected chi connectivity index (χ2v) is 12.0. The standard InChI is InChI=1S/C34H38F3N7O4/c1-41-22-39-40-32(41)31(45)26-3-2-4-27(16-26)43-20-30-29(34(35,36)37)15-25(19-44(30)33(43)46)18-42-11-9-28(10-12-42)48-14-13-47-21-24-7-5-23(17-38)6-8-24/h2-8,15-16,19-20,22,28,31,45H,9-14,17-18,21,38H2,1H3/t31-/m1/s1. The quantitative estimate of drug-likeness (QED) is 0.192. The highest BCUT2D eigenvalue weighted by Crippen LogP contribution is 2.34. The molecule has 0 aliphatic carbocycles. The van der Waals surface area contributed by atoms with Gasteiger partial charge < -0.3 is 24.9 Å². The average Bonchev–Trinajstić information content (AvgIpc) is 3.67. The van der Waals surface area contributed by atoms with E-state index < -0.39 is 23.5 Å². The van der Waals surface area contributed by atoms with Gasteiger partial charge in [-0.1, -0.05) is 36.4 Å². The average molecular weight is 666 g/mol. The lowest BCUT2D eigenvalue weighted by molar-refractivity contribution is -0.136. The van der Waals surface area contributed by atoms with Crippen molar-refractivity contribution in [1.82, 2.24) is 28.6 Å². The van der Waals surface area contributed by atoms with E-state index in [1.807, 2.05) is 24.3 Å². The summed E-state index contributed by atoms with van der Waals surface area (Å²) >= 11 is 0. The SMILES string of the molecule is Cn1cnnc1[C@H](O)c1cccc(-n2cc3c(C(F)(F)F)cc(CN4CCC(OCCOCc5ccc(CN)cc5)CC4)cn3c2=O)c1. The molecule has 1 saturated heterocycles. The zero-order valence-corrected chi connectivity index (χ0v) is 26.5. The number of aliphatic hydroxyl groups is 1. The summed E-state index contributed by atoms with van der Waals surface area (Å²) in [5.41, 5.74) is 7.08. The van der Waals surface area contributed by atoms with E-state index in [-0.39, 0.29) is 24.0 Å². The van der Waals surface area contributed by atoms with Crippen molar-refractivity contribution in [2.75, 3.05) is 26.3 Å². The van der Waals surface area contributed by atoms with Crippen molar-refractivity contribution in [1.29, 1.82) is 0 Å². The van der Waals surface area contributed by atoms with Crippen LogP contribution >= 0.6 is 0 Å². The molecule has 14 heteroatoms. The highest BCUT2D eigenvalue weighted by molar-refractivity contribution is 5.58. The number of fused-ring (bicyclic) bond motifs is 1. The Morgan fingerprint density at radius 3 is 2.46 bits per heavy atom. The van der Waals surface area contributed by atoms with E-state index in [0.717, 1.165) is 39.0 Å². The molecule has 5 aromatic rings. The van der Waals surface area contributed by atoms with Gasteiger partial charge in [-0.25, -0.2) is 4.79 Å². The molecular weight excluding hydrogens is 627 g/mol. The molecule has 254 valence electrons. The molecule has 0 radical (unpaired) electrons. The molecule has 0 spiro atoms. The fraction of sp³-hybridized carbons (Fsp3) is 0.382. The third-order valence-electron chi connectivity index (χ3n) is 8.63. The van der Waals surface area contributed by atoms with Crippen LogP contribution in [0, 0.1) is 0 Å². The Labute approximate surface area is 274 Å². The molecule has 0 saturated carbocycles. The van der Waals surface area contributed by atoms with E-state index in [2.05, 4.69) is 15.1 Å². The second-order valence-electron chi connectivity index (χ2n) is 12.0. The fourth-order valence-electron chi connectivity index (χ4n) is 6.00. The predicted molar refractivity (Wildman–Crippen MR) is 171 cm³/mol. The number of pyridine rings is 1. The van der Waals surface area contributed by atoms with Crippen molar-refractivity contribution < 1.29 is 27.8 Å². The van der Waals surface area contributed by atoms with Crippen LogP contribution in [0.15, 0.2) is 78.1 Å². The number of likely N-dealkylation sites (tertiary alicyclic amines) is 1. The van der Waals surface area contributed by atoms with Crippen molar-refractivity contribution in [2.45, 2.75) is 50.9 Å². The Morgan fingerprint density at radius 1 is 1.02 bits per heavy atom. The molecule has 3 N–H and O–H groups in total. The molecule has 1 fully saturated rings. The highest BCUT2D eigenvalue weighted by Gasteiger charge is 2.35. The molecule has 6 rings (SSSR count). The minimum absolute atomic E-state index is 0.0431. The molecule has 1 atom stereocenters. The van der Waals surface area contributed by atoms with Crippen molar-refractivity contribution in [3.05, 3.63) is 117 Å². The maximum Gasteiger partial charge on any atom is 0.418 e. The van der Waals surface area contributed by atoms with Gasteiger partial charge in [0.05, 0.1) is 42.7 Å². The van der Waals surface area contributed by atoms with Gasteiger partial charge >= 0.3 is 11.9 Å². The normalized spacial score (nSPS) is 15.4. The number of aryl methyl sites for hydroxylation is 1. The van der Waals surface area contributed by atoms with Crippen LogP contribution in [0.2, 0.25) is 0 Å². The first-order chi connectivity index (χ1) is 23.1. The van der Waals surface area contributed by atoms with Gasteiger partial charge in [-0.05, 0) is 53.3 Å². The first-order valence-electron chi connectivity index (χ1n) is 15.8. The van der Waals surface area contributed by atoms with Crippen molar-refractivity contribution in [3.63, 3.8) is 0 Å². The van der Waals surface area contributed by atoms with E-state index in [1.54, 1.807) is 35.9 Å². The number of hydrogen-bond donors (Lipinski definition) is 2. The lowest BCUT2D eigenvalue weighted by Crippen LogP contribution is -2.37. The Bertz CT molecular complexity index is 1890. The number of halogens is 3. The minimum Gasteiger partial charge on any atom is -0.380 e. The zero-order valence-electron chi connectivity index (χ0n) is 26.5. The Morgan fingerprint density at radius 2 is 1.77 bits per heavy atom. The van der Waals surface area contributed by atoms with Crippen LogP contribution in [0.25, 0.3) is 11.2 Å². The third-order valence-corrected chi connectivity index (χ3v) is 8.63. The van der Waals surface area contributed by atoms with E-state index in [1.165, 1.54) is 18.7 Å². The molecule has 11 nitrogen and oxygen atoms in total. The van der Waals surface area contributed by atoms with Crippen molar-refractivity contribution >= 4 is 5.52 Å². The summed E-state index contributed by atoms with van der Waals surface area (Å²) in [6.45, 7) is 3.46. The molecule has 0 bridgehead atoms. The summed E-state index contributed by atoms with van der Waals surface area (Å²) < 4.78 is 58.4. The maximum absolute atomic E-state index is 14.3. The van der Waals surface area contributed by atoms with E-state index >= 15 is 0 Å². The molecular formula is C34H38F3N7O4. The van der Waals surface area contributed by atoms with Gasteiger partial charge in [-0.15, -0.1) is 10.2 Å². The van der Waals surface area contributed by atoms with Gasteiger partial charge in [0, 0.05) is 45.6 Å². The molecule has 0 unspecified atom stereocenters. The number of imidazole rings is 1. The van der Waals surface area contributed by atoms with Crippen LogP contribution in [-0.4, -0.2) is 66.1 Å². The summed E-state index contributed by atoms with van der Waals surface area (Å²) in [5.74, 6) is 0.288. The van der Waals surface area contributed by atoms with E-state index in [9.17, 15) is 23.1 Å². The Balaban J connectivity index is 1.10. The molecule has 3 aromatic heterocycles. The molecule has 1 aliphatic rings. The van der Waals surface area contributed by atoms with Gasteiger partial charge in [-0.3, -0.25) is 13.9 Å². The van der Waals surface area contributed by atoms with Crippen LogP contribution in [-0.2, 0) is 42.4 Å². The highest BCUT2D eigenvalue weighted by atomic mass is 19.4. The topological polar surface area (TPSA) is 125 Å². The Hall–Kier alpha value is -4.34. The van der Waals surface area contributed by atoms with Crippen LogP contribution in [0.1, 0.15) is 52.6 Å². The number of benzene rings is 2. The third kappa shape index (κ3) is 7.53. The number of nitrogens with two attached hydrogens (primary N) is 1. The molecule has 4 heterocycles. The molecule has 48 heavy (non-hydrogen) atoms. The van der Waals surface area contributed by atoms with Gasteiger partial charge in [0.1, 0.15) is 12.4 Å². The van der Waals surface area contributed by atoms with Crippen LogP contribution in [0.5, 0.6) is 0 Å². The summed E-state index contributed by atoms with van der Waals surface area (Å²) in [6.07, 6.45) is -0.192. The minimum atomic E-state index is -4.68. The summed E-state index contributed by atoms with van der Waals surface area (Å²) in [5, 5.41) is 18.5. The van der Waals surface area contributed by atoms with Crippen LogP contribution in [0.4, 0.5) is 13.2 Å². The molecule has 1 aliphatic heterocycles. The number of rotatable bonds is 12. The number of aliphatic hydroxyl groups excluding tert-OH is 1. The number of piperidine rings is 1. The largest absolute Gasteiger partial charge is 0.418 e. The fourth-order valence-corrected chi connectivity index (χ4v) is 6.00. The van der Waals surface area contributed by atoms with Crippen molar-refractivity contribution in [2.24, 2.45) is 12.8 Å². The predicted octanol–water partition coefficient (Wildman–Crippen LogP) is 3.98. The zero-order chi connectivity index (χ0) is 33.8. The Kier molecular flexibility index (Phi) is 10.1. The van der Waals surface area contributed by atoms with Gasteiger partial charge in [0.2, 0.25) is 0 Å². The smallest absolute Gasteiger partial charge is 0.380 e. The second kappa shape index (κ2) is 14.4. The maximum atomic E-state index is 14.3. The first-order valence-corrected chi connectivity index (χ1v) is 15.8. The lowest BCUT2D eigenvalue weighted by atomic mass is 10.1. The molecule has 0 amide bonds. The number of hydrogen-bond acceptors (Lipinski definition) is 8. The van der Waals surface area contributed by atoms with Crippen LogP contribution in [0.3, 0.4) is 0 Å². The first kappa shape index (κ1) is 33.6. The number of alkyl halides is 3. The summed E-state index contributed by atoms with van der Waals surface area (Å²) in [4.78, 5) is 15.6. The van der Waals surface area contributed by atoms with Gasteiger partial charge in [0.15, 0.2) is 5.82 Å². The lowest BCUT2D eigenvalue weighted by Gasteiger charge is -2.32.